The fourth-order valence-corrected chi connectivity index (χ4v) is 4.39. The summed E-state index contributed by atoms with van der Waals surface area (Å²) in [6.07, 6.45) is 2.94. The van der Waals surface area contributed by atoms with Crippen LogP contribution in [-0.4, -0.2) is 52.4 Å². The van der Waals surface area contributed by atoms with Crippen LogP contribution in [0, 0.1) is 5.92 Å². The van der Waals surface area contributed by atoms with Gasteiger partial charge in [0.2, 0.25) is 5.89 Å². The molecule has 1 aliphatic heterocycles. The van der Waals surface area contributed by atoms with Gasteiger partial charge in [-0.3, -0.25) is 9.59 Å². The molecule has 172 valence electrons. The normalized spacial score (nSPS) is 14.3. The van der Waals surface area contributed by atoms with Crippen molar-refractivity contribution in [2.75, 3.05) is 25.4 Å². The van der Waals surface area contributed by atoms with Gasteiger partial charge in [0.25, 0.3) is 11.1 Å². The summed E-state index contributed by atoms with van der Waals surface area (Å²) in [5.74, 6) is 0.234. The predicted octanol–water partition coefficient (Wildman–Crippen LogP) is 4.51. The Morgan fingerprint density at radius 1 is 1.06 bits per heavy atom. The molecule has 3 aromatic rings. The first-order chi connectivity index (χ1) is 16.1. The Morgan fingerprint density at radius 3 is 2.52 bits per heavy atom. The number of carbonyl (C=O) groups excluding carboxylic acids is 2. The molecule has 1 fully saturated rings. The van der Waals surface area contributed by atoms with Crippen molar-refractivity contribution in [3.05, 3.63) is 65.2 Å². The summed E-state index contributed by atoms with van der Waals surface area (Å²) in [7, 11) is 0. The maximum atomic E-state index is 12.4. The van der Waals surface area contributed by atoms with Crippen molar-refractivity contribution in [1.29, 1.82) is 0 Å². The van der Waals surface area contributed by atoms with Gasteiger partial charge in [-0.2, -0.15) is 0 Å². The SMILES string of the molecule is O=C(CSc1nnc(-c2ccc(Cl)cc2)o1)OCC(=O)N1CCC(Cc2ccccc2)CC1. The molecule has 0 spiro atoms. The standard InChI is InChI=1S/C24H24ClN3O4S/c25-20-8-6-19(7-9-20)23-26-27-24(32-23)33-16-22(30)31-15-21(29)28-12-10-18(11-13-28)14-17-4-2-1-3-5-17/h1-9,18H,10-16H2. The van der Waals surface area contributed by atoms with Gasteiger partial charge in [0.15, 0.2) is 6.61 Å². The zero-order chi connectivity index (χ0) is 23.0. The quantitative estimate of drug-likeness (QED) is 0.343. The summed E-state index contributed by atoms with van der Waals surface area (Å²) in [6, 6.07) is 17.4. The van der Waals surface area contributed by atoms with E-state index in [4.69, 9.17) is 20.8 Å². The topological polar surface area (TPSA) is 85.5 Å². The van der Waals surface area contributed by atoms with E-state index in [1.54, 1.807) is 29.2 Å². The molecule has 4 rings (SSSR count). The molecule has 1 amide bonds. The van der Waals surface area contributed by atoms with Crippen molar-refractivity contribution in [2.24, 2.45) is 5.92 Å². The molecule has 7 nitrogen and oxygen atoms in total. The molecule has 0 bridgehead atoms. The molecule has 33 heavy (non-hydrogen) atoms. The van der Waals surface area contributed by atoms with E-state index < -0.39 is 5.97 Å². The van der Waals surface area contributed by atoms with Gasteiger partial charge in [0.05, 0.1) is 0 Å². The zero-order valence-electron chi connectivity index (χ0n) is 18.0. The van der Waals surface area contributed by atoms with Crippen LogP contribution >= 0.6 is 23.4 Å². The van der Waals surface area contributed by atoms with Crippen molar-refractivity contribution in [2.45, 2.75) is 24.5 Å². The maximum Gasteiger partial charge on any atom is 0.316 e. The number of aromatic nitrogens is 2. The Bertz CT molecular complexity index is 1070. The Kier molecular flexibility index (Phi) is 8.01. The molecule has 0 saturated carbocycles. The van der Waals surface area contributed by atoms with Crippen LogP contribution in [0.5, 0.6) is 0 Å². The second-order valence-electron chi connectivity index (χ2n) is 7.84. The van der Waals surface area contributed by atoms with E-state index in [1.807, 2.05) is 6.07 Å². The highest BCUT2D eigenvalue weighted by Crippen LogP contribution is 2.25. The predicted molar refractivity (Wildman–Crippen MR) is 126 cm³/mol. The van der Waals surface area contributed by atoms with Gasteiger partial charge in [-0.05, 0) is 55.0 Å². The number of rotatable bonds is 8. The van der Waals surface area contributed by atoms with E-state index in [0.29, 0.717) is 29.9 Å². The minimum atomic E-state index is -0.501. The lowest BCUT2D eigenvalue weighted by Crippen LogP contribution is -2.41. The van der Waals surface area contributed by atoms with Gasteiger partial charge < -0.3 is 14.1 Å². The van der Waals surface area contributed by atoms with E-state index in [-0.39, 0.29) is 23.5 Å². The molecule has 0 aliphatic carbocycles. The van der Waals surface area contributed by atoms with Gasteiger partial charge in [-0.1, -0.05) is 53.7 Å². The summed E-state index contributed by atoms with van der Waals surface area (Å²) < 4.78 is 10.7. The molecule has 0 atom stereocenters. The molecule has 1 aliphatic rings. The summed E-state index contributed by atoms with van der Waals surface area (Å²) >= 11 is 6.95. The van der Waals surface area contributed by atoms with Crippen LogP contribution in [0.4, 0.5) is 0 Å². The molecular weight excluding hydrogens is 462 g/mol. The number of nitrogens with zero attached hydrogens (tertiary/aromatic N) is 3. The highest BCUT2D eigenvalue weighted by atomic mass is 35.5. The number of likely N-dealkylation sites (tertiary alicyclic amines) is 1. The molecule has 1 saturated heterocycles. The molecule has 0 N–H and O–H groups in total. The van der Waals surface area contributed by atoms with E-state index in [0.717, 1.165) is 36.6 Å². The summed E-state index contributed by atoms with van der Waals surface area (Å²) in [5, 5.41) is 8.76. The average molecular weight is 486 g/mol. The van der Waals surface area contributed by atoms with Gasteiger partial charge in [0.1, 0.15) is 5.75 Å². The van der Waals surface area contributed by atoms with Crippen LogP contribution in [0.15, 0.2) is 64.2 Å². The first-order valence-corrected chi connectivity index (χ1v) is 12.1. The van der Waals surface area contributed by atoms with E-state index in [2.05, 4.69) is 34.5 Å². The highest BCUT2D eigenvalue weighted by Gasteiger charge is 2.24. The van der Waals surface area contributed by atoms with E-state index >= 15 is 0 Å². The number of hydrogen-bond donors (Lipinski definition) is 0. The van der Waals surface area contributed by atoms with Crippen molar-refractivity contribution in [1.82, 2.24) is 15.1 Å². The fourth-order valence-electron chi connectivity index (χ4n) is 3.71. The molecule has 0 unspecified atom stereocenters. The van der Waals surface area contributed by atoms with Crippen LogP contribution in [-0.2, 0) is 20.7 Å². The van der Waals surface area contributed by atoms with E-state index in [9.17, 15) is 9.59 Å². The lowest BCUT2D eigenvalue weighted by atomic mass is 9.90. The second-order valence-corrected chi connectivity index (χ2v) is 9.21. The smallest absolute Gasteiger partial charge is 0.316 e. The van der Waals surface area contributed by atoms with Gasteiger partial charge in [0, 0.05) is 23.7 Å². The number of carbonyl (C=O) groups is 2. The fraction of sp³-hybridized carbons (Fsp3) is 0.333. The number of halogens is 1. The van der Waals surface area contributed by atoms with Gasteiger partial charge >= 0.3 is 5.97 Å². The summed E-state index contributed by atoms with van der Waals surface area (Å²) in [5.41, 5.74) is 2.06. The first kappa shape index (κ1) is 23.3. The molecule has 0 radical (unpaired) electrons. The Labute approximate surface area is 201 Å². The number of amides is 1. The molecule has 9 heteroatoms. The second kappa shape index (κ2) is 11.3. The van der Waals surface area contributed by atoms with Crippen molar-refractivity contribution in [3.8, 4) is 11.5 Å². The maximum absolute atomic E-state index is 12.4. The van der Waals surface area contributed by atoms with Gasteiger partial charge in [-0.25, -0.2) is 0 Å². The molecule has 1 aromatic heterocycles. The minimum Gasteiger partial charge on any atom is -0.455 e. The number of benzene rings is 2. The summed E-state index contributed by atoms with van der Waals surface area (Å²) in [6.45, 7) is 1.14. The molecule has 2 aromatic carbocycles. The van der Waals surface area contributed by atoms with Gasteiger partial charge in [-0.15, -0.1) is 10.2 Å². The average Bonchev–Trinajstić information content (AvgIpc) is 3.32. The van der Waals surface area contributed by atoms with Crippen LogP contribution in [0.25, 0.3) is 11.5 Å². The lowest BCUT2D eigenvalue weighted by molar-refractivity contribution is -0.150. The number of esters is 1. The Balaban J connectivity index is 1.15. The number of hydrogen-bond acceptors (Lipinski definition) is 7. The zero-order valence-corrected chi connectivity index (χ0v) is 19.6. The van der Waals surface area contributed by atoms with Crippen LogP contribution in [0.2, 0.25) is 5.02 Å². The largest absolute Gasteiger partial charge is 0.455 e. The van der Waals surface area contributed by atoms with Crippen molar-refractivity contribution in [3.63, 3.8) is 0 Å². The van der Waals surface area contributed by atoms with Crippen molar-refractivity contribution < 1.29 is 18.7 Å². The third-order valence-electron chi connectivity index (χ3n) is 5.50. The van der Waals surface area contributed by atoms with E-state index in [1.165, 1.54) is 5.56 Å². The minimum absolute atomic E-state index is 0.0192. The molecule has 2 heterocycles. The number of thioether (sulfide) groups is 1. The summed E-state index contributed by atoms with van der Waals surface area (Å²) in [4.78, 5) is 26.2. The van der Waals surface area contributed by atoms with Crippen molar-refractivity contribution >= 4 is 35.2 Å². The first-order valence-electron chi connectivity index (χ1n) is 10.8. The highest BCUT2D eigenvalue weighted by molar-refractivity contribution is 7.99. The third-order valence-corrected chi connectivity index (χ3v) is 6.55. The lowest BCUT2D eigenvalue weighted by Gasteiger charge is -2.32. The number of piperidine rings is 1. The Hall–Kier alpha value is -2.84. The molecular formula is C24H24ClN3O4S. The number of ether oxygens (including phenoxy) is 1. The monoisotopic (exact) mass is 485 g/mol. The van der Waals surface area contributed by atoms with Crippen LogP contribution < -0.4 is 0 Å². The van der Waals surface area contributed by atoms with Crippen LogP contribution in [0.3, 0.4) is 0 Å². The van der Waals surface area contributed by atoms with Crippen LogP contribution in [0.1, 0.15) is 18.4 Å². The third kappa shape index (κ3) is 6.82. The Morgan fingerprint density at radius 2 is 1.79 bits per heavy atom.